The lowest BCUT2D eigenvalue weighted by molar-refractivity contribution is -0.152. The Bertz CT molecular complexity index is 309. The molecule has 0 aliphatic rings. The van der Waals surface area contributed by atoms with Gasteiger partial charge in [0.15, 0.2) is 0 Å². The molecule has 0 amide bonds. The van der Waals surface area contributed by atoms with Crippen LogP contribution in [0.3, 0.4) is 0 Å². The number of esters is 1. The topological polar surface area (TPSA) is 101 Å². The maximum absolute atomic E-state index is 11.0. The lowest BCUT2D eigenvalue weighted by Gasteiger charge is -2.11. The van der Waals surface area contributed by atoms with Crippen LogP contribution in [0.5, 0.6) is 0 Å². The lowest BCUT2D eigenvalue weighted by Crippen LogP contribution is -2.19. The highest BCUT2D eigenvalue weighted by Gasteiger charge is 2.13. The number of ether oxygens (including phenoxy) is 1. The van der Waals surface area contributed by atoms with Gasteiger partial charge in [-0.2, -0.15) is 0 Å². The maximum atomic E-state index is 11.0. The predicted octanol–water partition coefficient (Wildman–Crippen LogP) is 2.56. The Hall–Kier alpha value is -1.59. The fourth-order valence-corrected chi connectivity index (χ4v) is 1.24. The first-order chi connectivity index (χ1) is 9.04. The maximum Gasteiger partial charge on any atom is 0.307 e. The van der Waals surface area contributed by atoms with Crippen LogP contribution in [0.2, 0.25) is 0 Å². The SMILES string of the molecule is CC(C)CC(=O)O.CC(C)CC(=O)O[C@H](C)CC(=O)O. The van der Waals surface area contributed by atoms with Crippen LogP contribution < -0.4 is 0 Å². The van der Waals surface area contributed by atoms with Crippen LogP contribution in [0.4, 0.5) is 0 Å². The van der Waals surface area contributed by atoms with Gasteiger partial charge in [0.05, 0.1) is 6.42 Å². The van der Waals surface area contributed by atoms with E-state index in [4.69, 9.17) is 14.9 Å². The highest BCUT2D eigenvalue weighted by molar-refractivity contribution is 5.71. The van der Waals surface area contributed by atoms with Gasteiger partial charge in [0.2, 0.25) is 0 Å². The first kappa shape index (κ1) is 20.7. The minimum Gasteiger partial charge on any atom is -0.481 e. The van der Waals surface area contributed by atoms with E-state index in [-0.39, 0.29) is 30.6 Å². The number of hydrogen-bond donors (Lipinski definition) is 2. The van der Waals surface area contributed by atoms with Gasteiger partial charge in [-0.3, -0.25) is 14.4 Å². The van der Waals surface area contributed by atoms with Crippen LogP contribution in [0.1, 0.15) is 53.9 Å². The molecule has 0 saturated carbocycles. The summed E-state index contributed by atoms with van der Waals surface area (Å²) < 4.78 is 4.85. The molecule has 6 heteroatoms. The van der Waals surface area contributed by atoms with Crippen LogP contribution >= 0.6 is 0 Å². The van der Waals surface area contributed by atoms with Crippen molar-refractivity contribution >= 4 is 17.9 Å². The molecule has 0 aromatic carbocycles. The fraction of sp³-hybridized carbons (Fsp3) is 0.786. The van der Waals surface area contributed by atoms with E-state index in [1.165, 1.54) is 0 Å². The van der Waals surface area contributed by atoms with E-state index in [1.54, 1.807) is 6.92 Å². The average Bonchev–Trinajstić information content (AvgIpc) is 2.11. The molecule has 1 atom stereocenters. The zero-order valence-electron chi connectivity index (χ0n) is 12.9. The Labute approximate surface area is 120 Å². The number of carbonyl (C=O) groups excluding carboxylic acids is 1. The third-order valence-electron chi connectivity index (χ3n) is 1.95. The molecule has 6 nitrogen and oxygen atoms in total. The molecular weight excluding hydrogens is 264 g/mol. The molecule has 0 spiro atoms. The third-order valence-corrected chi connectivity index (χ3v) is 1.95. The summed E-state index contributed by atoms with van der Waals surface area (Å²) in [5.41, 5.74) is 0. The Morgan fingerprint density at radius 3 is 1.45 bits per heavy atom. The molecule has 0 unspecified atom stereocenters. The molecule has 0 aromatic rings. The number of hydrogen-bond acceptors (Lipinski definition) is 4. The van der Waals surface area contributed by atoms with Gasteiger partial charge in [-0.05, 0) is 18.8 Å². The van der Waals surface area contributed by atoms with Crippen LogP contribution in [-0.4, -0.2) is 34.2 Å². The van der Waals surface area contributed by atoms with Crippen molar-refractivity contribution in [3.8, 4) is 0 Å². The fourth-order valence-electron chi connectivity index (χ4n) is 1.24. The zero-order chi connectivity index (χ0) is 16.3. The molecule has 0 aliphatic carbocycles. The third kappa shape index (κ3) is 18.8. The van der Waals surface area contributed by atoms with Gasteiger partial charge in [-0.1, -0.05) is 27.7 Å². The van der Waals surface area contributed by atoms with Crippen LogP contribution in [0, 0.1) is 11.8 Å². The number of aliphatic carboxylic acids is 2. The Balaban J connectivity index is 0. The summed E-state index contributed by atoms with van der Waals surface area (Å²) in [6.45, 7) is 9.15. The van der Waals surface area contributed by atoms with Gasteiger partial charge in [0.25, 0.3) is 0 Å². The van der Waals surface area contributed by atoms with E-state index in [0.29, 0.717) is 6.42 Å². The summed E-state index contributed by atoms with van der Waals surface area (Å²) in [7, 11) is 0. The summed E-state index contributed by atoms with van der Waals surface area (Å²) in [4.78, 5) is 31.1. The summed E-state index contributed by atoms with van der Waals surface area (Å²) in [6, 6.07) is 0. The smallest absolute Gasteiger partial charge is 0.307 e. The molecule has 0 saturated heterocycles. The van der Waals surface area contributed by atoms with Gasteiger partial charge in [-0.25, -0.2) is 0 Å². The van der Waals surface area contributed by atoms with E-state index in [9.17, 15) is 14.4 Å². The van der Waals surface area contributed by atoms with Crippen molar-refractivity contribution in [3.05, 3.63) is 0 Å². The van der Waals surface area contributed by atoms with E-state index in [2.05, 4.69) is 0 Å². The molecule has 0 fully saturated rings. The molecule has 118 valence electrons. The summed E-state index contributed by atoms with van der Waals surface area (Å²) in [5, 5.41) is 16.5. The number of carbonyl (C=O) groups is 3. The Kier molecular flexibility index (Phi) is 11.7. The van der Waals surface area contributed by atoms with Crippen molar-refractivity contribution in [2.75, 3.05) is 0 Å². The van der Waals surface area contributed by atoms with Crippen molar-refractivity contribution in [1.29, 1.82) is 0 Å². The largest absolute Gasteiger partial charge is 0.481 e. The highest BCUT2D eigenvalue weighted by Crippen LogP contribution is 2.05. The van der Waals surface area contributed by atoms with E-state index < -0.39 is 18.0 Å². The molecule has 0 aliphatic heterocycles. The quantitative estimate of drug-likeness (QED) is 0.699. The highest BCUT2D eigenvalue weighted by atomic mass is 16.5. The van der Waals surface area contributed by atoms with Crippen molar-refractivity contribution in [2.45, 2.75) is 60.0 Å². The minimum absolute atomic E-state index is 0.135. The Morgan fingerprint density at radius 1 is 0.800 bits per heavy atom. The summed E-state index contributed by atoms with van der Waals surface area (Å²) in [6.07, 6.45) is -0.0582. The standard InChI is InChI=1S/C9H16O4.C5H10O2/c1-6(2)4-9(12)13-7(3)5-8(10)11;1-4(2)3-5(6)7/h6-7H,4-5H2,1-3H3,(H,10,11);4H,3H2,1-2H3,(H,6,7)/t7-;/m1./s1. The van der Waals surface area contributed by atoms with Crippen LogP contribution in [-0.2, 0) is 19.1 Å². The normalized spacial score (nSPS) is 11.6. The molecular formula is C14H26O6. The van der Waals surface area contributed by atoms with Crippen molar-refractivity contribution < 1.29 is 29.3 Å². The van der Waals surface area contributed by atoms with Crippen molar-refractivity contribution in [1.82, 2.24) is 0 Å². The molecule has 2 N–H and O–H groups in total. The van der Waals surface area contributed by atoms with E-state index in [0.717, 1.165) is 0 Å². The van der Waals surface area contributed by atoms with E-state index >= 15 is 0 Å². The Morgan fingerprint density at radius 2 is 1.20 bits per heavy atom. The lowest BCUT2D eigenvalue weighted by atomic mass is 10.1. The van der Waals surface area contributed by atoms with Gasteiger partial charge in [0.1, 0.15) is 6.10 Å². The van der Waals surface area contributed by atoms with Gasteiger partial charge in [0, 0.05) is 12.8 Å². The van der Waals surface area contributed by atoms with E-state index in [1.807, 2.05) is 27.7 Å². The second-order valence-corrected chi connectivity index (χ2v) is 5.49. The second kappa shape index (κ2) is 11.3. The minimum atomic E-state index is -0.954. The number of carboxylic acids is 2. The summed E-state index contributed by atoms with van der Waals surface area (Å²) >= 11 is 0. The first-order valence-electron chi connectivity index (χ1n) is 6.67. The monoisotopic (exact) mass is 290 g/mol. The van der Waals surface area contributed by atoms with Crippen LogP contribution in [0.25, 0.3) is 0 Å². The predicted molar refractivity (Wildman–Crippen MR) is 74.4 cm³/mol. The first-order valence-corrected chi connectivity index (χ1v) is 6.67. The second-order valence-electron chi connectivity index (χ2n) is 5.49. The summed E-state index contributed by atoms with van der Waals surface area (Å²) in [5.74, 6) is -1.48. The zero-order valence-corrected chi connectivity index (χ0v) is 12.9. The van der Waals surface area contributed by atoms with Crippen molar-refractivity contribution in [3.63, 3.8) is 0 Å². The molecule has 0 rings (SSSR count). The number of carboxylic acid groups (broad SMARTS) is 2. The van der Waals surface area contributed by atoms with Crippen LogP contribution in [0.15, 0.2) is 0 Å². The van der Waals surface area contributed by atoms with Gasteiger partial charge in [-0.15, -0.1) is 0 Å². The molecule has 20 heavy (non-hydrogen) atoms. The molecule has 0 bridgehead atoms. The molecule has 0 heterocycles. The van der Waals surface area contributed by atoms with Gasteiger partial charge >= 0.3 is 17.9 Å². The number of rotatable bonds is 7. The van der Waals surface area contributed by atoms with Crippen molar-refractivity contribution in [2.24, 2.45) is 11.8 Å². The molecule has 0 aromatic heterocycles. The molecule has 0 radical (unpaired) electrons. The average molecular weight is 290 g/mol. The van der Waals surface area contributed by atoms with Gasteiger partial charge < -0.3 is 14.9 Å².